The monoisotopic (exact) mass is 278 g/mol. The van der Waals surface area contributed by atoms with E-state index in [9.17, 15) is 0 Å². The predicted octanol–water partition coefficient (Wildman–Crippen LogP) is 4.23. The van der Waals surface area contributed by atoms with E-state index in [-0.39, 0.29) is 6.04 Å². The maximum atomic E-state index is 4.57. The summed E-state index contributed by atoms with van der Waals surface area (Å²) in [4.78, 5) is 9.07. The van der Waals surface area contributed by atoms with Crippen LogP contribution in [-0.2, 0) is 0 Å². The molecule has 0 fully saturated rings. The molecule has 0 aliphatic rings. The first-order chi connectivity index (χ1) is 10.2. The number of rotatable bonds is 5. The highest BCUT2D eigenvalue weighted by atomic mass is 14.8. The fourth-order valence-corrected chi connectivity index (χ4v) is 2.02. The quantitative estimate of drug-likeness (QED) is 0.731. The summed E-state index contributed by atoms with van der Waals surface area (Å²) >= 11 is 0. The highest BCUT2D eigenvalue weighted by molar-refractivity contribution is 5.82. The molecule has 0 aliphatic heterocycles. The van der Waals surface area contributed by atoms with Gasteiger partial charge in [0.05, 0.1) is 12.6 Å². The molecule has 0 amide bonds. The lowest BCUT2D eigenvalue weighted by Gasteiger charge is -2.03. The minimum absolute atomic E-state index is 0.185. The summed E-state index contributed by atoms with van der Waals surface area (Å²) in [6, 6.07) is 16.7. The van der Waals surface area contributed by atoms with Crippen LogP contribution >= 0.6 is 0 Å². The predicted molar refractivity (Wildman–Crippen MR) is 91.9 cm³/mol. The van der Waals surface area contributed by atoms with Crippen LogP contribution in [0.1, 0.15) is 29.2 Å². The van der Waals surface area contributed by atoms with Gasteiger partial charge in [-0.25, -0.2) is 0 Å². The summed E-state index contributed by atoms with van der Waals surface area (Å²) in [7, 11) is 0. The van der Waals surface area contributed by atoms with Gasteiger partial charge in [0.2, 0.25) is 0 Å². The molecule has 2 aromatic carbocycles. The lowest BCUT2D eigenvalue weighted by Crippen LogP contribution is -2.04. The van der Waals surface area contributed by atoms with Gasteiger partial charge in [0.1, 0.15) is 0 Å². The van der Waals surface area contributed by atoms with Crippen LogP contribution in [0.4, 0.5) is 0 Å². The average molecular weight is 278 g/mol. The molecule has 2 heteroatoms. The maximum absolute atomic E-state index is 4.57. The second-order valence-corrected chi connectivity index (χ2v) is 5.33. The van der Waals surface area contributed by atoms with Gasteiger partial charge in [-0.15, -0.1) is 0 Å². The van der Waals surface area contributed by atoms with Gasteiger partial charge >= 0.3 is 0 Å². The van der Waals surface area contributed by atoms with Crippen molar-refractivity contribution < 1.29 is 0 Å². The van der Waals surface area contributed by atoms with E-state index in [2.05, 4.69) is 55.0 Å². The molecule has 0 unspecified atom stereocenters. The highest BCUT2D eigenvalue weighted by Crippen LogP contribution is 2.05. The molecule has 0 saturated carbocycles. The first-order valence-corrected chi connectivity index (χ1v) is 7.31. The van der Waals surface area contributed by atoms with Crippen molar-refractivity contribution in [3.05, 3.63) is 70.8 Å². The van der Waals surface area contributed by atoms with Crippen LogP contribution in [0.5, 0.6) is 0 Å². The van der Waals surface area contributed by atoms with Crippen LogP contribution in [0.25, 0.3) is 0 Å². The Bertz CT molecular complexity index is 642. The van der Waals surface area contributed by atoms with Crippen molar-refractivity contribution in [3.8, 4) is 0 Å². The second kappa shape index (κ2) is 7.53. The maximum Gasteiger partial charge on any atom is 0.0666 e. The molecule has 0 heterocycles. The average Bonchev–Trinajstić information content (AvgIpc) is 2.48. The zero-order valence-corrected chi connectivity index (χ0v) is 13.0. The SMILES string of the molecule is Cc1ccccc1/C=N/C[C@H](C)/N=C/c1ccccc1C. The zero-order valence-electron chi connectivity index (χ0n) is 13.0. The molecule has 1 atom stereocenters. The van der Waals surface area contributed by atoms with Gasteiger partial charge in [0, 0.05) is 12.4 Å². The molecule has 0 aromatic heterocycles. The largest absolute Gasteiger partial charge is 0.290 e. The fourth-order valence-electron chi connectivity index (χ4n) is 2.02. The lowest BCUT2D eigenvalue weighted by molar-refractivity contribution is 0.761. The molecule has 2 aromatic rings. The molecule has 0 saturated heterocycles. The number of aryl methyl sites for hydroxylation is 2. The molecule has 21 heavy (non-hydrogen) atoms. The summed E-state index contributed by atoms with van der Waals surface area (Å²) in [6.07, 6.45) is 3.89. The summed E-state index contributed by atoms with van der Waals surface area (Å²) in [5.41, 5.74) is 4.84. The number of nitrogens with zero attached hydrogens (tertiary/aromatic N) is 2. The number of benzene rings is 2. The van der Waals surface area contributed by atoms with Crippen LogP contribution in [0.2, 0.25) is 0 Å². The van der Waals surface area contributed by atoms with Crippen molar-refractivity contribution in [1.82, 2.24) is 0 Å². The topological polar surface area (TPSA) is 24.7 Å². The van der Waals surface area contributed by atoms with Gasteiger partial charge in [0.15, 0.2) is 0 Å². The van der Waals surface area contributed by atoms with Crippen molar-refractivity contribution in [2.75, 3.05) is 6.54 Å². The van der Waals surface area contributed by atoms with E-state index in [0.717, 1.165) is 0 Å². The Morgan fingerprint density at radius 1 is 0.857 bits per heavy atom. The van der Waals surface area contributed by atoms with Crippen molar-refractivity contribution in [1.29, 1.82) is 0 Å². The lowest BCUT2D eigenvalue weighted by atomic mass is 10.1. The van der Waals surface area contributed by atoms with Gasteiger partial charge in [-0.3, -0.25) is 9.98 Å². The Morgan fingerprint density at radius 2 is 1.38 bits per heavy atom. The molecule has 0 aliphatic carbocycles. The van der Waals surface area contributed by atoms with Crippen molar-refractivity contribution in [2.45, 2.75) is 26.8 Å². The Hall–Kier alpha value is -2.22. The van der Waals surface area contributed by atoms with Gasteiger partial charge in [-0.1, -0.05) is 48.5 Å². The van der Waals surface area contributed by atoms with Crippen molar-refractivity contribution in [3.63, 3.8) is 0 Å². The molecule has 2 rings (SSSR count). The van der Waals surface area contributed by atoms with Crippen molar-refractivity contribution in [2.24, 2.45) is 9.98 Å². The van der Waals surface area contributed by atoms with Crippen LogP contribution in [0.3, 0.4) is 0 Å². The zero-order chi connectivity index (χ0) is 15.1. The number of hydrogen-bond acceptors (Lipinski definition) is 2. The summed E-state index contributed by atoms with van der Waals surface area (Å²) in [5, 5.41) is 0. The molecular weight excluding hydrogens is 256 g/mol. The standard InChI is InChI=1S/C19H22N2/c1-15-8-4-6-10-18(15)13-20-12-17(3)21-14-19-11-7-5-9-16(19)2/h4-11,13-14,17H,12H2,1-3H3/b20-13+,21-14+/t17-/m0/s1. The van der Waals surface area contributed by atoms with Crippen molar-refractivity contribution >= 4 is 12.4 Å². The highest BCUT2D eigenvalue weighted by Gasteiger charge is 1.98. The van der Waals surface area contributed by atoms with E-state index in [1.807, 2.05) is 36.7 Å². The third-order valence-corrected chi connectivity index (χ3v) is 3.45. The van der Waals surface area contributed by atoms with Gasteiger partial charge < -0.3 is 0 Å². The smallest absolute Gasteiger partial charge is 0.0666 e. The van der Waals surface area contributed by atoms with E-state index in [1.54, 1.807) is 0 Å². The normalized spacial score (nSPS) is 13.1. The van der Waals surface area contributed by atoms with E-state index in [1.165, 1.54) is 22.3 Å². The first-order valence-electron chi connectivity index (χ1n) is 7.31. The fraction of sp³-hybridized carbons (Fsp3) is 0.263. The second-order valence-electron chi connectivity index (χ2n) is 5.33. The Kier molecular flexibility index (Phi) is 5.44. The van der Waals surface area contributed by atoms with E-state index in [0.29, 0.717) is 6.54 Å². The molecule has 0 bridgehead atoms. The Morgan fingerprint density at radius 3 is 1.95 bits per heavy atom. The van der Waals surface area contributed by atoms with E-state index >= 15 is 0 Å². The summed E-state index contributed by atoms with van der Waals surface area (Å²) < 4.78 is 0. The first kappa shape index (κ1) is 15.2. The van der Waals surface area contributed by atoms with E-state index in [4.69, 9.17) is 0 Å². The van der Waals surface area contributed by atoms with Gasteiger partial charge in [-0.05, 0) is 43.0 Å². The summed E-state index contributed by atoms with van der Waals surface area (Å²) in [6.45, 7) is 6.99. The molecule has 0 radical (unpaired) electrons. The molecular formula is C19H22N2. The number of hydrogen-bond donors (Lipinski definition) is 0. The minimum Gasteiger partial charge on any atom is -0.290 e. The Labute approximate surface area is 127 Å². The van der Waals surface area contributed by atoms with E-state index < -0.39 is 0 Å². The number of aliphatic imine (C=N–C) groups is 2. The Balaban J connectivity index is 1.92. The molecule has 2 nitrogen and oxygen atoms in total. The van der Waals surface area contributed by atoms with Crippen LogP contribution in [0.15, 0.2) is 58.5 Å². The third-order valence-electron chi connectivity index (χ3n) is 3.45. The van der Waals surface area contributed by atoms with Crippen LogP contribution in [-0.4, -0.2) is 25.0 Å². The minimum atomic E-state index is 0.185. The van der Waals surface area contributed by atoms with Gasteiger partial charge in [-0.2, -0.15) is 0 Å². The third kappa shape index (κ3) is 4.67. The molecule has 0 N–H and O–H groups in total. The van der Waals surface area contributed by atoms with Crippen LogP contribution < -0.4 is 0 Å². The summed E-state index contributed by atoms with van der Waals surface area (Å²) in [5.74, 6) is 0. The molecule has 0 spiro atoms. The van der Waals surface area contributed by atoms with Crippen LogP contribution in [0, 0.1) is 13.8 Å². The molecule has 108 valence electrons. The van der Waals surface area contributed by atoms with Gasteiger partial charge in [0.25, 0.3) is 0 Å².